The molecule has 0 amide bonds. The van der Waals surface area contributed by atoms with E-state index in [9.17, 15) is 0 Å². The molecule has 6 unspecified atom stereocenters. The van der Waals surface area contributed by atoms with Crippen molar-refractivity contribution in [1.29, 1.82) is 0 Å². The summed E-state index contributed by atoms with van der Waals surface area (Å²) >= 11 is 0. The zero-order valence-corrected chi connectivity index (χ0v) is 71.3. The van der Waals surface area contributed by atoms with Gasteiger partial charge in [0.1, 0.15) is 0 Å². The highest BCUT2D eigenvalue weighted by Crippen LogP contribution is 2.36. The summed E-state index contributed by atoms with van der Waals surface area (Å²) in [7, 11) is 6.00. The van der Waals surface area contributed by atoms with Crippen LogP contribution in [0.3, 0.4) is 0 Å². The van der Waals surface area contributed by atoms with Crippen molar-refractivity contribution in [1.82, 2.24) is 0 Å². The molecule has 18 N–H and O–H groups in total. The first-order chi connectivity index (χ1) is 56.9. The maximum atomic E-state index is 7.00. The Hall–Kier alpha value is -9.56. The van der Waals surface area contributed by atoms with Crippen molar-refractivity contribution in [2.24, 2.45) is 0 Å². The van der Waals surface area contributed by atoms with E-state index in [0.717, 1.165) is 42.7 Å². The molecule has 0 aromatic heterocycles. The number of hydrogen-bond acceptors (Lipinski definition) is 18. The lowest BCUT2D eigenvalue weighted by molar-refractivity contribution is -0.176. The predicted octanol–water partition coefficient (Wildman–Crippen LogP) is 26.2. The van der Waals surface area contributed by atoms with Crippen molar-refractivity contribution in [2.75, 3.05) is 42.7 Å². The van der Waals surface area contributed by atoms with Crippen molar-refractivity contribution in [3.63, 3.8) is 0 Å². The lowest BCUT2D eigenvalue weighted by Gasteiger charge is -2.16. The first kappa shape index (κ1) is 113. The maximum Gasteiger partial charge on any atom is 0.0319 e. The second-order valence-electron chi connectivity index (χ2n) is 25.7. The number of aliphatic hydroxyl groups excluding tert-OH is 6. The molecule has 116 heavy (non-hydrogen) atoms. The summed E-state index contributed by atoms with van der Waals surface area (Å²) in [6.45, 7) is 27.2. The van der Waals surface area contributed by atoms with Crippen LogP contribution in [-0.4, -0.2) is 136 Å². The van der Waals surface area contributed by atoms with Gasteiger partial charge in [-0.1, -0.05) is 344 Å². The molecule has 6 atom stereocenters. The third-order valence-corrected chi connectivity index (χ3v) is 19.7. The summed E-state index contributed by atoms with van der Waals surface area (Å²) in [5.41, 5.74) is 8.77. The Morgan fingerprint density at radius 2 is 0.422 bits per heavy atom. The van der Waals surface area contributed by atoms with Gasteiger partial charge in [-0.25, -0.2) is 0 Å². The zero-order chi connectivity index (χ0) is 88.9. The molecular weight excluding hydrogens is 1470 g/mol. The van der Waals surface area contributed by atoms with Gasteiger partial charge in [-0.05, 0) is 212 Å². The Morgan fingerprint density at radius 1 is 0.172 bits per heavy atom. The number of fused-ring (bicyclic) bond motifs is 9. The van der Waals surface area contributed by atoms with E-state index in [0.29, 0.717) is 35.5 Å². The molecule has 0 saturated carbocycles. The summed E-state index contributed by atoms with van der Waals surface area (Å²) in [6.07, 6.45) is 7.20. The fraction of sp³-hybridized carbons (Fsp3) is 0.306. The van der Waals surface area contributed by atoms with Gasteiger partial charge >= 0.3 is 0 Å². The van der Waals surface area contributed by atoms with E-state index in [1.54, 1.807) is 0 Å². The van der Waals surface area contributed by atoms with E-state index < -0.39 is 0 Å². The second-order valence-corrected chi connectivity index (χ2v) is 25.7. The SMILES string of the molecule is CCC(C)c1c2ccccc2cc2ccccc12.CCC(C)c1ccc2cc3ccccc3cc2c1.CCC(C)c1ccc2ccc3ccccc3c2c1.CCC(C)c1ccc2ccccc2c1.CCC(C)c1cccc2ccccc12.CCC(C)c1ccccc1.CO.CO.CO.CO.CO.CO.OO.OO.OO.OO.OO.OO. The van der Waals surface area contributed by atoms with Gasteiger partial charge in [-0.15, -0.1) is 0 Å². The average molecular weight is 1600 g/mol. The fourth-order valence-corrected chi connectivity index (χ4v) is 12.5. The van der Waals surface area contributed by atoms with Gasteiger partial charge in [0.2, 0.25) is 0 Å². The van der Waals surface area contributed by atoms with Crippen LogP contribution in [0.4, 0.5) is 0 Å². The maximum absolute atomic E-state index is 7.00. The van der Waals surface area contributed by atoms with Crippen molar-refractivity contribution in [2.45, 2.75) is 157 Å². The smallest absolute Gasteiger partial charge is 0.0319 e. The number of benzene rings is 14. The highest BCUT2D eigenvalue weighted by atomic mass is 17.0. The standard InChI is InChI=1S/3C18H18.2C14H16.C10H14.6CH4O.6H2O2/c1-3-13(2)18-16-10-6-4-8-14(16)12-15-9-5-7-11-17(15)18;1-3-13(2)14-8-9-17-11-15-6-4-5-7-16(15)12-18(17)10-14;1-3-13(2)16-11-10-15-9-8-14-6-4-5-7-17(14)18(15)12-16;1-3-11(2)13-10-6-8-12-7-4-5-9-14(12)13;1-3-11(2)13-9-8-12-6-4-5-7-14(12)10-13;1-3-9(2)10-7-5-4-6-8-10;12*1-2/h3*4-13H,3H2,1-2H3;2*4-11H,3H2,1-2H3;4-9H,3H2,1-2H3;6*2H,1H3;6*1-2H. The summed E-state index contributed by atoms with van der Waals surface area (Å²) in [5.74, 6) is 3.90. The van der Waals surface area contributed by atoms with Crippen LogP contribution in [0.15, 0.2) is 279 Å². The Morgan fingerprint density at radius 3 is 0.836 bits per heavy atom. The lowest BCUT2D eigenvalue weighted by atomic mass is 9.88. The molecule has 0 aliphatic rings. The third kappa shape index (κ3) is 36.7. The van der Waals surface area contributed by atoms with Gasteiger partial charge in [0.25, 0.3) is 0 Å². The quantitative estimate of drug-likeness (QED) is 0.0234. The lowest BCUT2D eigenvalue weighted by Crippen LogP contribution is -1.95. The third-order valence-electron chi connectivity index (χ3n) is 19.7. The predicted molar refractivity (Wildman–Crippen MR) is 491 cm³/mol. The number of aliphatic hydroxyl groups is 6. The van der Waals surface area contributed by atoms with Crippen LogP contribution in [0, 0.1) is 0 Å². The molecule has 18 heteroatoms. The van der Waals surface area contributed by atoms with Crippen LogP contribution in [0.25, 0.3) is 86.2 Å². The van der Waals surface area contributed by atoms with E-state index in [1.807, 2.05) is 0 Å². The Balaban J connectivity index is -0.000000619. The molecule has 0 heterocycles. The summed E-state index contributed by atoms with van der Waals surface area (Å²) in [6, 6.07) is 101. The average Bonchev–Trinajstić information content (AvgIpc) is 0.784. The van der Waals surface area contributed by atoms with Crippen LogP contribution in [0.5, 0.6) is 0 Å². The van der Waals surface area contributed by atoms with Crippen LogP contribution < -0.4 is 0 Å². The molecule has 0 radical (unpaired) electrons. The van der Waals surface area contributed by atoms with Crippen LogP contribution in [0.2, 0.25) is 0 Å². The molecular formula is C98H136O18. The van der Waals surface area contributed by atoms with Gasteiger partial charge in [0.05, 0.1) is 0 Å². The van der Waals surface area contributed by atoms with Gasteiger partial charge in [-0.2, -0.15) is 0 Å². The first-order valence-corrected chi connectivity index (χ1v) is 38.5. The molecule has 14 rings (SSSR count). The van der Waals surface area contributed by atoms with E-state index in [1.165, 1.54) is 158 Å². The van der Waals surface area contributed by atoms with Crippen LogP contribution >= 0.6 is 0 Å². The Labute approximate surface area is 688 Å². The van der Waals surface area contributed by atoms with Crippen LogP contribution in [0.1, 0.15) is 190 Å². The molecule has 636 valence electrons. The first-order valence-electron chi connectivity index (χ1n) is 38.5. The van der Waals surface area contributed by atoms with E-state index in [-0.39, 0.29) is 0 Å². The van der Waals surface area contributed by atoms with Gasteiger partial charge in [0.15, 0.2) is 0 Å². The summed E-state index contributed by atoms with van der Waals surface area (Å²) in [5, 5.41) is 136. The molecule has 0 aliphatic heterocycles. The normalized spacial score (nSPS) is 10.9. The van der Waals surface area contributed by atoms with Gasteiger partial charge in [-0.3, -0.25) is 63.1 Å². The number of hydrogen-bond donors (Lipinski definition) is 18. The summed E-state index contributed by atoms with van der Waals surface area (Å²) < 4.78 is 0. The molecule has 14 aromatic carbocycles. The molecule has 18 nitrogen and oxygen atoms in total. The van der Waals surface area contributed by atoms with E-state index in [2.05, 4.69) is 362 Å². The molecule has 0 saturated heterocycles. The largest absolute Gasteiger partial charge is 0.400 e. The topological polar surface area (TPSA) is 364 Å². The minimum Gasteiger partial charge on any atom is -0.400 e. The molecule has 0 spiro atoms. The fourth-order valence-electron chi connectivity index (χ4n) is 12.5. The van der Waals surface area contributed by atoms with Gasteiger partial charge < -0.3 is 30.6 Å². The minimum atomic E-state index is 0.598. The summed E-state index contributed by atoms with van der Waals surface area (Å²) in [4.78, 5) is 0. The number of rotatable bonds is 12. The van der Waals surface area contributed by atoms with Crippen molar-refractivity contribution < 1.29 is 93.7 Å². The molecule has 0 fully saturated rings. The Kier molecular flexibility index (Phi) is 69.9. The van der Waals surface area contributed by atoms with Crippen molar-refractivity contribution >= 4 is 86.2 Å². The molecule has 14 aromatic rings. The zero-order valence-electron chi connectivity index (χ0n) is 71.3. The van der Waals surface area contributed by atoms with Gasteiger partial charge in [0, 0.05) is 42.7 Å². The van der Waals surface area contributed by atoms with Crippen LogP contribution in [-0.2, 0) is 0 Å². The molecule has 0 aliphatic carbocycles. The molecule has 0 bridgehead atoms. The Bertz CT molecular complexity index is 4600. The van der Waals surface area contributed by atoms with Crippen molar-refractivity contribution in [3.05, 3.63) is 312 Å². The monoisotopic (exact) mass is 1600 g/mol. The van der Waals surface area contributed by atoms with E-state index >= 15 is 0 Å². The second kappa shape index (κ2) is 71.9. The highest BCUT2D eigenvalue weighted by molar-refractivity contribution is 6.08. The highest BCUT2D eigenvalue weighted by Gasteiger charge is 2.13. The minimum absolute atomic E-state index is 0.598. The van der Waals surface area contributed by atoms with E-state index in [4.69, 9.17) is 93.7 Å². The van der Waals surface area contributed by atoms with Crippen molar-refractivity contribution in [3.8, 4) is 0 Å².